The van der Waals surface area contributed by atoms with Crippen LogP contribution in [0.1, 0.15) is 35.6 Å². The first-order valence-corrected chi connectivity index (χ1v) is 10.7. The molecule has 0 unspecified atom stereocenters. The van der Waals surface area contributed by atoms with Crippen molar-refractivity contribution in [2.75, 3.05) is 31.7 Å². The second-order valence-electron chi connectivity index (χ2n) is 8.14. The zero-order valence-electron chi connectivity index (χ0n) is 19.2. The van der Waals surface area contributed by atoms with Crippen molar-refractivity contribution in [3.05, 3.63) is 53.5 Å². The van der Waals surface area contributed by atoms with Crippen LogP contribution in [0.2, 0.25) is 0 Å². The van der Waals surface area contributed by atoms with E-state index in [1.807, 2.05) is 0 Å². The molecule has 11 heteroatoms. The molecule has 2 heterocycles. The van der Waals surface area contributed by atoms with Crippen molar-refractivity contribution in [2.24, 2.45) is 0 Å². The summed E-state index contributed by atoms with van der Waals surface area (Å²) in [6.07, 6.45) is 2.15. The van der Waals surface area contributed by atoms with E-state index in [1.54, 1.807) is 23.0 Å². The van der Waals surface area contributed by atoms with Crippen LogP contribution in [-0.4, -0.2) is 52.2 Å². The number of rotatable bonds is 10. The Balaban J connectivity index is 1.79. The van der Waals surface area contributed by atoms with Gasteiger partial charge in [0.05, 0.1) is 37.5 Å². The summed E-state index contributed by atoms with van der Waals surface area (Å²) >= 11 is 0. The highest BCUT2D eigenvalue weighted by Gasteiger charge is 2.33. The number of anilines is 1. The minimum atomic E-state index is -4.68. The van der Waals surface area contributed by atoms with Gasteiger partial charge in [-0.2, -0.15) is 18.3 Å². The van der Waals surface area contributed by atoms with E-state index in [-0.39, 0.29) is 12.3 Å². The topological polar surface area (TPSA) is 98.5 Å². The molecule has 1 aromatic carbocycles. The molecule has 0 radical (unpaired) electrons. The lowest BCUT2D eigenvalue weighted by Crippen LogP contribution is -2.22. The molecule has 0 fully saturated rings. The number of terminal acetylenes is 1. The number of pyridine rings is 1. The van der Waals surface area contributed by atoms with E-state index in [9.17, 15) is 23.1 Å². The second kappa shape index (κ2) is 10.9. The van der Waals surface area contributed by atoms with Gasteiger partial charge in [0.1, 0.15) is 18.0 Å². The molecule has 0 aliphatic rings. The zero-order valence-corrected chi connectivity index (χ0v) is 19.2. The Kier molecular flexibility index (Phi) is 8.11. The average molecular weight is 490 g/mol. The van der Waals surface area contributed by atoms with Crippen LogP contribution in [0.5, 0.6) is 0 Å². The maximum Gasteiger partial charge on any atom is 0.433 e. The van der Waals surface area contributed by atoms with Gasteiger partial charge in [0.25, 0.3) is 5.91 Å². The fraction of sp³-hybridized carbons (Fsp3) is 0.375. The summed E-state index contributed by atoms with van der Waals surface area (Å²) in [5.74, 6) is 1.52. The normalized spacial score (nSPS) is 12.0. The molecule has 1 amide bonds. The monoisotopic (exact) mass is 490 g/mol. The Morgan fingerprint density at radius 3 is 2.63 bits per heavy atom. The summed E-state index contributed by atoms with van der Waals surface area (Å²) in [4.78, 5) is 16.1. The van der Waals surface area contributed by atoms with Gasteiger partial charge in [-0.1, -0.05) is 12.0 Å². The zero-order chi connectivity index (χ0) is 25.6. The summed E-state index contributed by atoms with van der Waals surface area (Å²) < 4.78 is 51.2. The van der Waals surface area contributed by atoms with Gasteiger partial charge in [0.15, 0.2) is 0 Å². The number of nitrogens with zero attached hydrogens (tertiary/aromatic N) is 3. The van der Waals surface area contributed by atoms with Gasteiger partial charge in [-0.15, -0.1) is 6.42 Å². The van der Waals surface area contributed by atoms with Crippen LogP contribution in [0, 0.1) is 12.3 Å². The Bertz CT molecular complexity index is 1230. The van der Waals surface area contributed by atoms with Gasteiger partial charge in [-0.05, 0) is 38.1 Å². The van der Waals surface area contributed by atoms with Gasteiger partial charge in [0, 0.05) is 22.8 Å². The fourth-order valence-corrected chi connectivity index (χ4v) is 3.26. The van der Waals surface area contributed by atoms with Crippen LogP contribution in [0.25, 0.3) is 10.9 Å². The molecule has 8 nitrogen and oxygen atoms in total. The second-order valence-corrected chi connectivity index (χ2v) is 8.14. The van der Waals surface area contributed by atoms with E-state index in [0.29, 0.717) is 42.8 Å². The lowest BCUT2D eigenvalue weighted by atomic mass is 9.95. The minimum Gasteiger partial charge on any atom is -0.386 e. The van der Waals surface area contributed by atoms with E-state index in [0.717, 1.165) is 12.1 Å². The molecular weight excluding hydrogens is 465 g/mol. The summed E-state index contributed by atoms with van der Waals surface area (Å²) in [6, 6.07) is 6.30. The largest absolute Gasteiger partial charge is 0.433 e. The summed E-state index contributed by atoms with van der Waals surface area (Å²) in [6.45, 7) is 4.85. The minimum absolute atomic E-state index is 0.222. The smallest absolute Gasteiger partial charge is 0.386 e. The number of halogens is 3. The SMILES string of the molecule is C#CCOCCOCCn1cc2cc(NC(=O)c3cccc(C(F)(F)F)n3)c(C(C)(C)O)cc2n1. The molecule has 35 heavy (non-hydrogen) atoms. The van der Waals surface area contributed by atoms with Crippen LogP contribution in [0.15, 0.2) is 36.5 Å². The Labute approximate surface area is 200 Å². The van der Waals surface area contributed by atoms with Crippen molar-refractivity contribution in [3.8, 4) is 12.3 Å². The van der Waals surface area contributed by atoms with E-state index in [1.165, 1.54) is 19.9 Å². The summed E-state index contributed by atoms with van der Waals surface area (Å²) in [5, 5.41) is 18.3. The molecule has 2 N–H and O–H groups in total. The molecule has 0 bridgehead atoms. The fourth-order valence-electron chi connectivity index (χ4n) is 3.26. The number of aromatic nitrogens is 3. The molecule has 0 saturated carbocycles. The number of nitrogens with one attached hydrogen (secondary N) is 1. The van der Waals surface area contributed by atoms with Crippen molar-refractivity contribution in [3.63, 3.8) is 0 Å². The Morgan fingerprint density at radius 2 is 1.94 bits per heavy atom. The van der Waals surface area contributed by atoms with E-state index < -0.39 is 29.1 Å². The highest BCUT2D eigenvalue weighted by molar-refractivity contribution is 6.04. The first kappa shape index (κ1) is 26.2. The molecule has 3 aromatic rings. The number of alkyl halides is 3. The number of benzene rings is 1. The molecule has 3 rings (SSSR count). The van der Waals surface area contributed by atoms with Gasteiger partial charge in [0.2, 0.25) is 0 Å². The molecule has 0 aliphatic heterocycles. The Hall–Kier alpha value is -3.46. The van der Waals surface area contributed by atoms with Crippen molar-refractivity contribution in [2.45, 2.75) is 32.2 Å². The maximum atomic E-state index is 13.0. The number of hydrogen-bond donors (Lipinski definition) is 2. The standard InChI is InChI=1S/C24H25F3N4O4/c1-4-9-34-11-12-35-10-8-31-15-16-13-20(17(23(2,3)33)14-19(16)30-31)29-22(32)18-6-5-7-21(28-18)24(25,26)27/h1,5-7,13-15,33H,8-12H2,2-3H3,(H,29,32). The average Bonchev–Trinajstić information content (AvgIpc) is 3.18. The molecular formula is C24H25F3N4O4. The quantitative estimate of drug-likeness (QED) is 0.333. The third kappa shape index (κ3) is 7.02. The lowest BCUT2D eigenvalue weighted by molar-refractivity contribution is -0.141. The third-order valence-corrected chi connectivity index (χ3v) is 4.89. The predicted octanol–water partition coefficient (Wildman–Crippen LogP) is 3.60. The van der Waals surface area contributed by atoms with Crippen LogP contribution >= 0.6 is 0 Å². The van der Waals surface area contributed by atoms with Crippen LogP contribution in [-0.2, 0) is 27.8 Å². The highest BCUT2D eigenvalue weighted by Crippen LogP contribution is 2.32. The summed E-state index contributed by atoms with van der Waals surface area (Å²) in [7, 11) is 0. The number of carbonyl (C=O) groups excluding carboxylic acids is 1. The van der Waals surface area contributed by atoms with Crippen molar-refractivity contribution >= 4 is 22.5 Å². The molecule has 2 aromatic heterocycles. The van der Waals surface area contributed by atoms with E-state index in [2.05, 4.69) is 21.3 Å². The third-order valence-electron chi connectivity index (χ3n) is 4.89. The van der Waals surface area contributed by atoms with Gasteiger partial charge < -0.3 is 19.9 Å². The van der Waals surface area contributed by atoms with Crippen LogP contribution in [0.4, 0.5) is 18.9 Å². The van der Waals surface area contributed by atoms with Crippen molar-refractivity contribution in [1.82, 2.24) is 14.8 Å². The maximum absolute atomic E-state index is 13.0. The van der Waals surface area contributed by atoms with Gasteiger partial charge >= 0.3 is 6.18 Å². The number of amides is 1. The first-order chi connectivity index (χ1) is 16.5. The molecule has 0 aliphatic carbocycles. The molecule has 0 atom stereocenters. The number of aliphatic hydroxyl groups is 1. The molecule has 0 spiro atoms. The number of hydrogen-bond acceptors (Lipinski definition) is 6. The predicted molar refractivity (Wildman–Crippen MR) is 123 cm³/mol. The Morgan fingerprint density at radius 1 is 1.20 bits per heavy atom. The van der Waals surface area contributed by atoms with Crippen LogP contribution < -0.4 is 5.32 Å². The highest BCUT2D eigenvalue weighted by atomic mass is 19.4. The van der Waals surface area contributed by atoms with Crippen molar-refractivity contribution < 1.29 is 32.5 Å². The van der Waals surface area contributed by atoms with Crippen LogP contribution in [0.3, 0.4) is 0 Å². The lowest BCUT2D eigenvalue weighted by Gasteiger charge is -2.22. The van der Waals surface area contributed by atoms with E-state index >= 15 is 0 Å². The van der Waals surface area contributed by atoms with Crippen molar-refractivity contribution in [1.29, 1.82) is 0 Å². The number of ether oxygens (including phenoxy) is 2. The first-order valence-electron chi connectivity index (χ1n) is 10.7. The molecule has 186 valence electrons. The van der Waals surface area contributed by atoms with Gasteiger partial charge in [-0.25, -0.2) is 4.98 Å². The number of carbonyl (C=O) groups is 1. The number of fused-ring (bicyclic) bond motifs is 1. The molecule has 0 saturated heterocycles. The van der Waals surface area contributed by atoms with Gasteiger partial charge in [-0.3, -0.25) is 9.48 Å². The van der Waals surface area contributed by atoms with E-state index in [4.69, 9.17) is 15.9 Å². The summed E-state index contributed by atoms with van der Waals surface area (Å²) in [5.41, 5.74) is -1.80.